The van der Waals surface area contributed by atoms with Crippen LogP contribution >= 0.6 is 0 Å². The maximum Gasteiger partial charge on any atom is 0.338 e. The summed E-state index contributed by atoms with van der Waals surface area (Å²) >= 11 is 0. The van der Waals surface area contributed by atoms with Gasteiger partial charge in [0.2, 0.25) is 5.91 Å². The first-order chi connectivity index (χ1) is 12.0. The summed E-state index contributed by atoms with van der Waals surface area (Å²) in [5, 5.41) is 13.0. The van der Waals surface area contributed by atoms with Crippen LogP contribution in [0.5, 0.6) is 0 Å². The molecule has 1 aliphatic rings. The van der Waals surface area contributed by atoms with E-state index >= 15 is 0 Å². The Morgan fingerprint density at radius 3 is 2.40 bits per heavy atom. The number of aromatic carboxylic acids is 1. The number of carbonyl (C=O) groups excluding carboxylic acids is 1. The average molecular weight is 349 g/mol. The molecule has 1 N–H and O–H groups in total. The number of piperidine rings is 1. The third-order valence-corrected chi connectivity index (χ3v) is 4.43. The molecule has 6 nitrogen and oxygen atoms in total. The molecule has 0 saturated carbocycles. The Morgan fingerprint density at radius 1 is 1.20 bits per heavy atom. The summed E-state index contributed by atoms with van der Waals surface area (Å²) in [7, 11) is 0. The van der Waals surface area contributed by atoms with Crippen molar-refractivity contribution in [2.75, 3.05) is 13.1 Å². The summed E-state index contributed by atoms with van der Waals surface area (Å²) in [5.41, 5.74) is -0.0960. The fourth-order valence-electron chi connectivity index (χ4n) is 2.99. The van der Waals surface area contributed by atoms with Crippen molar-refractivity contribution in [3.63, 3.8) is 0 Å². The summed E-state index contributed by atoms with van der Waals surface area (Å²) < 4.78 is 28.9. The van der Waals surface area contributed by atoms with Crippen molar-refractivity contribution in [3.8, 4) is 0 Å². The van der Waals surface area contributed by atoms with E-state index in [1.165, 1.54) is 18.5 Å². The first kappa shape index (κ1) is 17.1. The normalized spacial score (nSPS) is 15.4. The number of carboxylic acids is 1. The first-order valence-corrected chi connectivity index (χ1v) is 7.94. The molecule has 25 heavy (non-hydrogen) atoms. The molecular formula is C17H17F2N3O3. The molecule has 1 amide bonds. The average Bonchev–Trinajstić information content (AvgIpc) is 3.09. The minimum Gasteiger partial charge on any atom is -0.478 e. The van der Waals surface area contributed by atoms with Crippen molar-refractivity contribution in [2.45, 2.75) is 25.3 Å². The number of hydrogen-bond acceptors (Lipinski definition) is 3. The molecule has 2 heterocycles. The zero-order valence-corrected chi connectivity index (χ0v) is 13.4. The Hall–Kier alpha value is -2.77. The maximum atomic E-state index is 13.7. The van der Waals surface area contributed by atoms with Crippen LogP contribution in [0.1, 0.15) is 34.8 Å². The predicted molar refractivity (Wildman–Crippen MR) is 84.1 cm³/mol. The summed E-state index contributed by atoms with van der Waals surface area (Å²) in [6, 6.07) is 3.53. The van der Waals surface area contributed by atoms with E-state index in [2.05, 4.69) is 5.10 Å². The molecule has 0 unspecified atom stereocenters. The monoisotopic (exact) mass is 349 g/mol. The number of carboxylic acid groups (broad SMARTS) is 1. The van der Waals surface area contributed by atoms with Gasteiger partial charge in [-0.1, -0.05) is 6.07 Å². The lowest BCUT2D eigenvalue weighted by atomic mass is 10.0. The zero-order chi connectivity index (χ0) is 18.0. The maximum absolute atomic E-state index is 13.7. The van der Waals surface area contributed by atoms with Crippen molar-refractivity contribution < 1.29 is 23.5 Å². The van der Waals surface area contributed by atoms with Gasteiger partial charge in [-0.3, -0.25) is 9.48 Å². The molecular weight excluding hydrogens is 332 g/mol. The summed E-state index contributed by atoms with van der Waals surface area (Å²) in [6.07, 6.45) is 3.66. The van der Waals surface area contributed by atoms with Crippen molar-refractivity contribution in [2.24, 2.45) is 0 Å². The molecule has 2 aromatic rings. The molecule has 0 atom stereocenters. The van der Waals surface area contributed by atoms with Gasteiger partial charge in [-0.05, 0) is 25.0 Å². The lowest BCUT2D eigenvalue weighted by molar-refractivity contribution is -0.131. The Kier molecular flexibility index (Phi) is 4.78. The third-order valence-electron chi connectivity index (χ3n) is 4.43. The van der Waals surface area contributed by atoms with E-state index in [9.17, 15) is 18.4 Å². The second-order valence-corrected chi connectivity index (χ2v) is 6.00. The molecule has 1 aromatic carbocycles. The van der Waals surface area contributed by atoms with Crippen molar-refractivity contribution in [1.82, 2.24) is 14.7 Å². The van der Waals surface area contributed by atoms with Crippen LogP contribution in [0, 0.1) is 11.6 Å². The van der Waals surface area contributed by atoms with Crippen LogP contribution in [0.15, 0.2) is 30.6 Å². The number of amides is 1. The van der Waals surface area contributed by atoms with Crippen LogP contribution in [-0.4, -0.2) is 44.8 Å². The molecule has 1 fully saturated rings. The smallest absolute Gasteiger partial charge is 0.338 e. The fraction of sp³-hybridized carbons (Fsp3) is 0.353. The Balaban J connectivity index is 1.60. The number of aromatic nitrogens is 2. The minimum atomic E-state index is -1.04. The SMILES string of the molecule is O=C(O)c1cnn(C2CCN(C(=O)Cc3c(F)cccc3F)CC2)c1. The highest BCUT2D eigenvalue weighted by Crippen LogP contribution is 2.23. The standard InChI is InChI=1S/C17H17F2N3O3/c18-14-2-1-3-15(19)13(14)8-16(23)21-6-4-12(5-7-21)22-10-11(9-20-22)17(24)25/h1-3,9-10,12H,4-8H2,(H,24,25). The quantitative estimate of drug-likeness (QED) is 0.919. The molecule has 3 rings (SSSR count). The second kappa shape index (κ2) is 7.00. The van der Waals surface area contributed by atoms with Gasteiger partial charge in [-0.25, -0.2) is 13.6 Å². The van der Waals surface area contributed by atoms with E-state index in [0.717, 1.165) is 12.1 Å². The molecule has 0 spiro atoms. The van der Waals surface area contributed by atoms with Gasteiger partial charge in [0, 0.05) is 24.8 Å². The van der Waals surface area contributed by atoms with Gasteiger partial charge in [0.1, 0.15) is 11.6 Å². The van der Waals surface area contributed by atoms with Gasteiger partial charge >= 0.3 is 5.97 Å². The highest BCUT2D eigenvalue weighted by atomic mass is 19.1. The molecule has 0 bridgehead atoms. The number of rotatable bonds is 4. The predicted octanol–water partition coefficient (Wildman–Crippen LogP) is 2.27. The van der Waals surface area contributed by atoms with Crippen molar-refractivity contribution >= 4 is 11.9 Å². The fourth-order valence-corrected chi connectivity index (χ4v) is 2.99. The number of carbonyl (C=O) groups is 2. The molecule has 0 radical (unpaired) electrons. The Morgan fingerprint density at radius 2 is 1.84 bits per heavy atom. The Labute approximate surface area is 142 Å². The molecule has 1 saturated heterocycles. The molecule has 132 valence electrons. The summed E-state index contributed by atoms with van der Waals surface area (Å²) in [6.45, 7) is 0.865. The van der Waals surface area contributed by atoms with Crippen molar-refractivity contribution in [1.29, 1.82) is 0 Å². The lowest BCUT2D eigenvalue weighted by Gasteiger charge is -2.32. The number of nitrogens with zero attached hydrogens (tertiary/aromatic N) is 3. The number of likely N-dealkylation sites (tertiary alicyclic amines) is 1. The topological polar surface area (TPSA) is 75.4 Å². The molecule has 1 aliphatic heterocycles. The molecule has 0 aliphatic carbocycles. The lowest BCUT2D eigenvalue weighted by Crippen LogP contribution is -2.40. The zero-order valence-electron chi connectivity index (χ0n) is 13.4. The van der Waals surface area contributed by atoms with E-state index in [4.69, 9.17) is 5.11 Å². The largest absolute Gasteiger partial charge is 0.478 e. The van der Waals surface area contributed by atoms with Gasteiger partial charge in [-0.15, -0.1) is 0 Å². The van der Waals surface area contributed by atoms with Gasteiger partial charge in [0.05, 0.1) is 24.2 Å². The number of hydrogen-bond donors (Lipinski definition) is 1. The van der Waals surface area contributed by atoms with Gasteiger partial charge in [-0.2, -0.15) is 5.10 Å². The first-order valence-electron chi connectivity index (χ1n) is 7.94. The van der Waals surface area contributed by atoms with Gasteiger partial charge < -0.3 is 10.0 Å². The van der Waals surface area contributed by atoms with E-state index in [1.54, 1.807) is 9.58 Å². The van der Waals surface area contributed by atoms with E-state index < -0.39 is 17.6 Å². The summed E-state index contributed by atoms with van der Waals surface area (Å²) in [4.78, 5) is 24.8. The molecule has 1 aromatic heterocycles. The van der Waals surface area contributed by atoms with Gasteiger partial charge in [0.15, 0.2) is 0 Å². The van der Waals surface area contributed by atoms with Crippen LogP contribution in [0.3, 0.4) is 0 Å². The number of benzene rings is 1. The van der Waals surface area contributed by atoms with Crippen molar-refractivity contribution in [3.05, 3.63) is 53.4 Å². The van der Waals surface area contributed by atoms with E-state index in [1.807, 2.05) is 0 Å². The van der Waals surface area contributed by atoms with E-state index in [0.29, 0.717) is 25.9 Å². The van der Waals surface area contributed by atoms with Crippen LogP contribution in [0.4, 0.5) is 8.78 Å². The summed E-state index contributed by atoms with van der Waals surface area (Å²) in [5.74, 6) is -2.80. The number of halogens is 2. The highest BCUT2D eigenvalue weighted by Gasteiger charge is 2.26. The van der Waals surface area contributed by atoms with E-state index in [-0.39, 0.29) is 29.5 Å². The third kappa shape index (κ3) is 3.67. The van der Waals surface area contributed by atoms with Gasteiger partial charge in [0.25, 0.3) is 0 Å². The van der Waals surface area contributed by atoms with Crippen LogP contribution in [-0.2, 0) is 11.2 Å². The van der Waals surface area contributed by atoms with Crippen LogP contribution in [0.2, 0.25) is 0 Å². The highest BCUT2D eigenvalue weighted by molar-refractivity contribution is 5.86. The second-order valence-electron chi connectivity index (χ2n) is 6.00. The minimum absolute atomic E-state index is 0.00217. The van der Waals surface area contributed by atoms with Crippen LogP contribution in [0.25, 0.3) is 0 Å². The Bertz CT molecular complexity index is 778. The molecule has 8 heteroatoms. The van der Waals surface area contributed by atoms with Crippen LogP contribution < -0.4 is 0 Å².